The Labute approximate surface area is 158 Å². The second-order valence-electron chi connectivity index (χ2n) is 11.8. The van der Waals surface area contributed by atoms with Crippen molar-refractivity contribution in [2.75, 3.05) is 0 Å². The summed E-state index contributed by atoms with van der Waals surface area (Å²) in [5.74, 6) is 1.98. The van der Waals surface area contributed by atoms with Gasteiger partial charge in [-0.1, -0.05) is 20.8 Å². The highest BCUT2D eigenvalue weighted by atomic mass is 16.3. The summed E-state index contributed by atoms with van der Waals surface area (Å²) in [5, 5.41) is 33.6. The molecule has 5 fully saturated rings. The van der Waals surface area contributed by atoms with Crippen LogP contribution in [0.1, 0.15) is 85.5 Å². The van der Waals surface area contributed by atoms with Gasteiger partial charge in [0, 0.05) is 6.42 Å². The van der Waals surface area contributed by atoms with Crippen LogP contribution in [0.5, 0.6) is 0 Å². The predicted molar refractivity (Wildman–Crippen MR) is 101 cm³/mol. The fourth-order valence-corrected chi connectivity index (χ4v) is 9.03. The summed E-state index contributed by atoms with van der Waals surface area (Å²) in [6.45, 7) is 9.06. The Hall–Kier alpha value is -0.120. The molecule has 3 heteroatoms. The fourth-order valence-electron chi connectivity index (χ4n) is 9.03. The van der Waals surface area contributed by atoms with Gasteiger partial charge in [-0.15, -0.1) is 0 Å². The van der Waals surface area contributed by atoms with E-state index in [0.717, 1.165) is 32.1 Å². The van der Waals surface area contributed by atoms with Crippen LogP contribution in [0.15, 0.2) is 0 Å². The van der Waals surface area contributed by atoms with E-state index in [1.54, 1.807) is 0 Å². The topological polar surface area (TPSA) is 60.7 Å². The smallest absolute Gasteiger partial charge is 0.0753 e. The van der Waals surface area contributed by atoms with E-state index in [1.165, 1.54) is 19.3 Å². The first-order chi connectivity index (χ1) is 12.0. The normalized spacial score (nSPS) is 63.1. The lowest BCUT2D eigenvalue weighted by molar-refractivity contribution is -0.249. The Morgan fingerprint density at radius 1 is 0.808 bits per heavy atom. The summed E-state index contributed by atoms with van der Waals surface area (Å²) in [4.78, 5) is 0. The third kappa shape index (κ3) is 1.78. The molecule has 0 bridgehead atoms. The molecule has 0 aromatic rings. The lowest BCUT2D eigenvalue weighted by atomic mass is 9.41. The molecule has 3 N–H and O–H groups in total. The zero-order valence-electron chi connectivity index (χ0n) is 17.1. The van der Waals surface area contributed by atoms with Crippen LogP contribution in [0.3, 0.4) is 0 Å². The van der Waals surface area contributed by atoms with Gasteiger partial charge in [0.1, 0.15) is 0 Å². The Morgan fingerprint density at radius 3 is 2.12 bits per heavy atom. The molecular weight excluding hydrogens is 324 g/mol. The highest BCUT2D eigenvalue weighted by Gasteiger charge is 2.75. The fraction of sp³-hybridized carbons (Fsp3) is 1.00. The number of hydrogen-bond acceptors (Lipinski definition) is 3. The highest BCUT2D eigenvalue weighted by molar-refractivity contribution is 5.25. The van der Waals surface area contributed by atoms with Gasteiger partial charge in [0.25, 0.3) is 0 Å². The minimum absolute atomic E-state index is 0.0321. The zero-order valence-corrected chi connectivity index (χ0v) is 17.1. The van der Waals surface area contributed by atoms with Gasteiger partial charge in [0.2, 0.25) is 0 Å². The Kier molecular flexibility index (Phi) is 3.37. The van der Waals surface area contributed by atoms with Gasteiger partial charge in [-0.2, -0.15) is 0 Å². The molecule has 0 aromatic carbocycles. The molecule has 5 saturated carbocycles. The van der Waals surface area contributed by atoms with Crippen LogP contribution >= 0.6 is 0 Å². The maximum atomic E-state index is 11.7. The van der Waals surface area contributed by atoms with Crippen LogP contribution in [0, 0.1) is 39.9 Å². The minimum atomic E-state index is -0.724. The van der Waals surface area contributed by atoms with E-state index in [0.29, 0.717) is 24.2 Å². The molecule has 5 aliphatic rings. The average molecular weight is 363 g/mol. The van der Waals surface area contributed by atoms with Crippen molar-refractivity contribution < 1.29 is 15.3 Å². The first-order valence-corrected chi connectivity index (χ1v) is 11.1. The molecule has 0 unspecified atom stereocenters. The maximum absolute atomic E-state index is 11.7. The molecule has 0 saturated heterocycles. The average Bonchev–Trinajstić information content (AvgIpc) is 3.32. The maximum Gasteiger partial charge on any atom is 0.0753 e. The molecule has 5 rings (SSSR count). The van der Waals surface area contributed by atoms with E-state index in [4.69, 9.17) is 0 Å². The first kappa shape index (κ1) is 17.9. The summed E-state index contributed by atoms with van der Waals surface area (Å²) in [7, 11) is 0. The summed E-state index contributed by atoms with van der Waals surface area (Å²) in [5.41, 5.74) is -1.12. The molecule has 26 heavy (non-hydrogen) atoms. The third-order valence-electron chi connectivity index (χ3n) is 11.2. The van der Waals surface area contributed by atoms with Crippen molar-refractivity contribution >= 4 is 0 Å². The first-order valence-electron chi connectivity index (χ1n) is 11.1. The molecule has 0 heterocycles. The van der Waals surface area contributed by atoms with Gasteiger partial charge in [0.15, 0.2) is 0 Å². The largest absolute Gasteiger partial charge is 0.393 e. The second kappa shape index (κ2) is 4.89. The quantitative estimate of drug-likeness (QED) is 0.613. The number of aliphatic hydroxyl groups is 3. The molecule has 148 valence electrons. The van der Waals surface area contributed by atoms with Gasteiger partial charge in [-0.05, 0) is 98.2 Å². The van der Waals surface area contributed by atoms with Crippen molar-refractivity contribution in [3.63, 3.8) is 0 Å². The standard InChI is InChI=1S/C23H38O3/c1-14-11-16-17(20(3)7-5-15(24)12-23(14,20)26)6-8-19(2)18(16)13-22(9-10-22)21(19,4)25/h14-18,24-26H,5-13H2,1-4H3/t14-,15-,16-,17+,18+,19+,20-,21-,23+/m1/s1. The van der Waals surface area contributed by atoms with E-state index in [2.05, 4.69) is 27.7 Å². The van der Waals surface area contributed by atoms with Crippen molar-refractivity contribution in [3.8, 4) is 0 Å². The summed E-state index contributed by atoms with van der Waals surface area (Å²) < 4.78 is 0. The van der Waals surface area contributed by atoms with Crippen molar-refractivity contribution in [2.45, 2.75) is 103 Å². The molecule has 9 atom stereocenters. The van der Waals surface area contributed by atoms with Crippen LogP contribution in [0.4, 0.5) is 0 Å². The molecule has 0 aliphatic heterocycles. The number of hydrogen-bond donors (Lipinski definition) is 3. The number of aliphatic hydroxyl groups excluding tert-OH is 1. The summed E-state index contributed by atoms with van der Waals surface area (Å²) in [6, 6.07) is 0. The number of rotatable bonds is 0. The van der Waals surface area contributed by atoms with E-state index in [9.17, 15) is 15.3 Å². The van der Waals surface area contributed by atoms with E-state index < -0.39 is 11.2 Å². The van der Waals surface area contributed by atoms with Crippen LogP contribution in [-0.4, -0.2) is 32.6 Å². The zero-order chi connectivity index (χ0) is 18.8. The van der Waals surface area contributed by atoms with E-state index in [-0.39, 0.29) is 28.3 Å². The molecule has 0 amide bonds. The lowest BCUT2D eigenvalue weighted by Crippen LogP contribution is -2.66. The van der Waals surface area contributed by atoms with E-state index >= 15 is 0 Å². The van der Waals surface area contributed by atoms with Crippen molar-refractivity contribution in [2.24, 2.45) is 39.9 Å². The second-order valence-corrected chi connectivity index (χ2v) is 11.8. The summed E-state index contributed by atoms with van der Waals surface area (Å²) in [6.07, 6.45) is 8.87. The minimum Gasteiger partial charge on any atom is -0.393 e. The Balaban J connectivity index is 1.55. The van der Waals surface area contributed by atoms with Gasteiger partial charge < -0.3 is 15.3 Å². The molecule has 3 nitrogen and oxygen atoms in total. The van der Waals surface area contributed by atoms with Crippen LogP contribution < -0.4 is 0 Å². The van der Waals surface area contributed by atoms with Gasteiger partial charge in [-0.25, -0.2) is 0 Å². The van der Waals surface area contributed by atoms with Crippen LogP contribution in [0.25, 0.3) is 0 Å². The number of fused-ring (bicyclic) bond motifs is 5. The van der Waals surface area contributed by atoms with Crippen molar-refractivity contribution in [3.05, 3.63) is 0 Å². The Bertz CT molecular complexity index is 625. The predicted octanol–water partition coefficient (Wildman–Crippen LogP) is 3.89. The lowest BCUT2D eigenvalue weighted by Gasteiger charge is -2.66. The molecular formula is C23H38O3. The van der Waals surface area contributed by atoms with Gasteiger partial charge >= 0.3 is 0 Å². The van der Waals surface area contributed by atoms with Gasteiger partial charge in [0.05, 0.1) is 17.3 Å². The third-order valence-corrected chi connectivity index (χ3v) is 11.2. The van der Waals surface area contributed by atoms with Crippen LogP contribution in [-0.2, 0) is 0 Å². The van der Waals surface area contributed by atoms with Crippen molar-refractivity contribution in [1.29, 1.82) is 0 Å². The van der Waals surface area contributed by atoms with E-state index in [1.807, 2.05) is 0 Å². The highest BCUT2D eigenvalue weighted by Crippen LogP contribution is 2.78. The summed E-state index contributed by atoms with van der Waals surface area (Å²) >= 11 is 0. The molecule has 1 spiro atoms. The molecule has 0 aromatic heterocycles. The SMILES string of the molecule is C[C@@H]1C[C@H]2[C@@H]3CC4(CC4)[C@](C)(O)[C@@]3(C)CC[C@@H]2[C@@]2(C)CC[C@@H](O)C[C@]12O. The monoisotopic (exact) mass is 362 g/mol. The van der Waals surface area contributed by atoms with Gasteiger partial charge in [-0.3, -0.25) is 0 Å². The van der Waals surface area contributed by atoms with Crippen LogP contribution in [0.2, 0.25) is 0 Å². The molecule has 0 radical (unpaired) electrons. The van der Waals surface area contributed by atoms with Crippen molar-refractivity contribution in [1.82, 2.24) is 0 Å². The Morgan fingerprint density at radius 2 is 1.46 bits per heavy atom. The molecule has 5 aliphatic carbocycles.